The molecule has 0 aromatic heterocycles. The van der Waals surface area contributed by atoms with Crippen LogP contribution in [0.2, 0.25) is 0 Å². The molecule has 1 saturated heterocycles. The highest BCUT2D eigenvalue weighted by Gasteiger charge is 2.13. The van der Waals surface area contributed by atoms with Crippen molar-refractivity contribution < 1.29 is 0 Å². The van der Waals surface area contributed by atoms with Gasteiger partial charge in [0.25, 0.3) is 0 Å². The Morgan fingerprint density at radius 3 is 2.27 bits per heavy atom. The smallest absolute Gasteiger partial charge is 0.0110 e. The second kappa shape index (κ2) is 6.46. The number of piperazine rings is 1. The van der Waals surface area contributed by atoms with E-state index in [9.17, 15) is 0 Å². The highest BCUT2D eigenvalue weighted by Crippen LogP contribution is 2.00. The Morgan fingerprint density at radius 2 is 1.73 bits per heavy atom. The van der Waals surface area contributed by atoms with Crippen LogP contribution in [0.3, 0.4) is 0 Å². The lowest BCUT2D eigenvalue weighted by Crippen LogP contribution is -2.46. The van der Waals surface area contributed by atoms with Crippen LogP contribution in [-0.2, 0) is 0 Å². The molecule has 3 heteroatoms. The molecule has 1 rings (SSSR count). The largest absolute Gasteiger partial charge is 0.305 e. The van der Waals surface area contributed by atoms with E-state index in [4.69, 9.17) is 0 Å². The van der Waals surface area contributed by atoms with Crippen LogP contribution in [0.5, 0.6) is 0 Å². The van der Waals surface area contributed by atoms with Crippen molar-refractivity contribution in [1.29, 1.82) is 0 Å². The third-order valence-corrected chi connectivity index (χ3v) is 3.07. The fourth-order valence-electron chi connectivity index (χ4n) is 2.10. The van der Waals surface area contributed by atoms with Crippen molar-refractivity contribution in [1.82, 2.24) is 14.7 Å². The van der Waals surface area contributed by atoms with Gasteiger partial charge in [-0.3, -0.25) is 4.90 Å². The SMILES string of the molecule is CC(C)CN(C)CCN1CCN(C)CC1. The summed E-state index contributed by atoms with van der Waals surface area (Å²) in [5, 5.41) is 0. The van der Waals surface area contributed by atoms with Crippen molar-refractivity contribution in [2.75, 3.05) is 59.9 Å². The first-order valence-corrected chi connectivity index (χ1v) is 6.17. The third kappa shape index (κ3) is 5.50. The molecule has 0 aromatic carbocycles. The van der Waals surface area contributed by atoms with Gasteiger partial charge in [0.2, 0.25) is 0 Å². The van der Waals surface area contributed by atoms with Gasteiger partial charge >= 0.3 is 0 Å². The molecule has 1 aliphatic rings. The molecule has 0 spiro atoms. The normalized spacial score (nSPS) is 20.4. The van der Waals surface area contributed by atoms with E-state index in [1.165, 1.54) is 45.8 Å². The Bertz CT molecular complexity index is 162. The first-order chi connectivity index (χ1) is 7.08. The summed E-state index contributed by atoms with van der Waals surface area (Å²) in [6.07, 6.45) is 0. The van der Waals surface area contributed by atoms with Gasteiger partial charge in [0, 0.05) is 45.8 Å². The van der Waals surface area contributed by atoms with Crippen molar-refractivity contribution in [3.63, 3.8) is 0 Å². The Labute approximate surface area is 95.0 Å². The summed E-state index contributed by atoms with van der Waals surface area (Å²) in [7, 11) is 4.44. The summed E-state index contributed by atoms with van der Waals surface area (Å²) in [4.78, 5) is 7.44. The molecule has 0 N–H and O–H groups in total. The molecule has 0 radical (unpaired) electrons. The van der Waals surface area contributed by atoms with Crippen molar-refractivity contribution in [3.05, 3.63) is 0 Å². The van der Waals surface area contributed by atoms with E-state index in [1.807, 2.05) is 0 Å². The molecule has 0 amide bonds. The monoisotopic (exact) mass is 213 g/mol. The molecular formula is C12H27N3. The molecule has 0 atom stereocenters. The molecule has 1 fully saturated rings. The number of rotatable bonds is 5. The van der Waals surface area contributed by atoms with Crippen LogP contribution in [0.15, 0.2) is 0 Å². The van der Waals surface area contributed by atoms with Crippen LogP contribution in [0.25, 0.3) is 0 Å². The van der Waals surface area contributed by atoms with Crippen LogP contribution in [-0.4, -0.2) is 74.6 Å². The highest BCUT2D eigenvalue weighted by molar-refractivity contribution is 4.70. The molecule has 0 aliphatic carbocycles. The summed E-state index contributed by atoms with van der Waals surface area (Å²) < 4.78 is 0. The summed E-state index contributed by atoms with van der Waals surface area (Å²) >= 11 is 0. The fraction of sp³-hybridized carbons (Fsp3) is 1.00. The lowest BCUT2D eigenvalue weighted by Gasteiger charge is -2.33. The summed E-state index contributed by atoms with van der Waals surface area (Å²) in [5.41, 5.74) is 0. The average Bonchev–Trinajstić information content (AvgIpc) is 2.16. The van der Waals surface area contributed by atoms with Crippen LogP contribution in [0.4, 0.5) is 0 Å². The van der Waals surface area contributed by atoms with Gasteiger partial charge in [-0.2, -0.15) is 0 Å². The second-order valence-electron chi connectivity index (χ2n) is 5.30. The Balaban J connectivity index is 2.09. The van der Waals surface area contributed by atoms with Crippen LogP contribution < -0.4 is 0 Å². The van der Waals surface area contributed by atoms with E-state index in [-0.39, 0.29) is 0 Å². The van der Waals surface area contributed by atoms with Crippen LogP contribution >= 0.6 is 0 Å². The predicted octanol–water partition coefficient (Wildman–Crippen LogP) is 0.822. The minimum atomic E-state index is 0.780. The molecule has 0 aromatic rings. The molecule has 1 aliphatic heterocycles. The van der Waals surface area contributed by atoms with Gasteiger partial charge in [0.05, 0.1) is 0 Å². The van der Waals surface area contributed by atoms with E-state index in [0.717, 1.165) is 5.92 Å². The first-order valence-electron chi connectivity index (χ1n) is 6.17. The third-order valence-electron chi connectivity index (χ3n) is 3.07. The minimum Gasteiger partial charge on any atom is -0.305 e. The quantitative estimate of drug-likeness (QED) is 0.669. The number of hydrogen-bond acceptors (Lipinski definition) is 3. The van der Waals surface area contributed by atoms with Gasteiger partial charge < -0.3 is 9.80 Å². The Morgan fingerprint density at radius 1 is 1.13 bits per heavy atom. The van der Waals surface area contributed by atoms with Crippen molar-refractivity contribution in [2.45, 2.75) is 13.8 Å². The zero-order valence-electron chi connectivity index (χ0n) is 10.9. The maximum Gasteiger partial charge on any atom is 0.0110 e. The van der Waals surface area contributed by atoms with Crippen molar-refractivity contribution in [3.8, 4) is 0 Å². The number of nitrogens with zero attached hydrogens (tertiary/aromatic N) is 3. The molecule has 0 saturated carbocycles. The highest BCUT2D eigenvalue weighted by atomic mass is 15.3. The summed E-state index contributed by atoms with van der Waals surface area (Å²) in [5.74, 6) is 0.780. The first kappa shape index (κ1) is 12.9. The molecule has 3 nitrogen and oxygen atoms in total. The van der Waals surface area contributed by atoms with Gasteiger partial charge in [0.15, 0.2) is 0 Å². The number of likely N-dealkylation sites (N-methyl/N-ethyl adjacent to an activating group) is 2. The number of hydrogen-bond donors (Lipinski definition) is 0. The summed E-state index contributed by atoms with van der Waals surface area (Å²) in [6, 6.07) is 0. The van der Waals surface area contributed by atoms with Gasteiger partial charge in [-0.05, 0) is 20.0 Å². The molecule has 0 bridgehead atoms. The fourth-order valence-corrected chi connectivity index (χ4v) is 2.10. The van der Waals surface area contributed by atoms with Crippen LogP contribution in [0.1, 0.15) is 13.8 Å². The second-order valence-corrected chi connectivity index (χ2v) is 5.30. The van der Waals surface area contributed by atoms with Gasteiger partial charge in [-0.15, -0.1) is 0 Å². The molecular weight excluding hydrogens is 186 g/mol. The maximum absolute atomic E-state index is 2.58. The standard InChI is InChI=1S/C12H27N3/c1-12(2)11-14(4)7-10-15-8-5-13(3)6-9-15/h12H,5-11H2,1-4H3. The van der Waals surface area contributed by atoms with E-state index in [1.54, 1.807) is 0 Å². The summed E-state index contributed by atoms with van der Waals surface area (Å²) in [6.45, 7) is 13.2. The Hall–Kier alpha value is -0.120. The van der Waals surface area contributed by atoms with Gasteiger partial charge in [0.1, 0.15) is 0 Å². The van der Waals surface area contributed by atoms with Crippen molar-refractivity contribution in [2.24, 2.45) is 5.92 Å². The molecule has 90 valence electrons. The van der Waals surface area contributed by atoms with E-state index in [0.29, 0.717) is 0 Å². The lowest BCUT2D eigenvalue weighted by molar-refractivity contribution is 0.138. The van der Waals surface area contributed by atoms with Gasteiger partial charge in [-0.25, -0.2) is 0 Å². The maximum atomic E-state index is 2.58. The zero-order valence-corrected chi connectivity index (χ0v) is 10.9. The van der Waals surface area contributed by atoms with E-state index < -0.39 is 0 Å². The van der Waals surface area contributed by atoms with Gasteiger partial charge in [-0.1, -0.05) is 13.8 Å². The van der Waals surface area contributed by atoms with E-state index >= 15 is 0 Å². The van der Waals surface area contributed by atoms with Crippen LogP contribution in [0, 0.1) is 5.92 Å². The Kier molecular flexibility index (Phi) is 5.58. The lowest BCUT2D eigenvalue weighted by atomic mass is 10.2. The average molecular weight is 213 g/mol. The molecule has 0 unspecified atom stereocenters. The molecule has 1 heterocycles. The topological polar surface area (TPSA) is 9.72 Å². The molecule has 15 heavy (non-hydrogen) atoms. The predicted molar refractivity (Wildman–Crippen MR) is 66.3 cm³/mol. The minimum absolute atomic E-state index is 0.780. The van der Waals surface area contributed by atoms with E-state index in [2.05, 4.69) is 42.6 Å². The zero-order chi connectivity index (χ0) is 11.3. The van der Waals surface area contributed by atoms with Crippen molar-refractivity contribution >= 4 is 0 Å².